The molecule has 4 fully saturated rings. The summed E-state index contributed by atoms with van der Waals surface area (Å²) in [5.74, 6) is 1.04. The molecule has 0 aromatic heterocycles. The molecule has 4 aliphatic rings. The van der Waals surface area contributed by atoms with Crippen molar-refractivity contribution in [1.29, 1.82) is 0 Å². The SMILES string of the molecule is CC1OCC(c2ccccc2)(c2ccc(O)cc2)CO1.O=C1NCC(c2ccccc2)(c2ccc(O)cc2)CO1.Oc1ccc(C2(c3ccccc3)CNCOC2)cc1.Oc1ccc(C2(c3ccccc3)COCOC2)cc1. The van der Waals surface area contributed by atoms with Gasteiger partial charge >= 0.3 is 6.09 Å². The molecule has 0 spiro atoms. The predicted molar refractivity (Wildman–Crippen MR) is 298 cm³/mol. The van der Waals surface area contributed by atoms with E-state index in [0.29, 0.717) is 53.1 Å². The van der Waals surface area contributed by atoms with Crippen LogP contribution in [0.15, 0.2) is 218 Å². The minimum atomic E-state index is -0.428. The van der Waals surface area contributed by atoms with Crippen molar-refractivity contribution in [3.63, 3.8) is 0 Å². The lowest BCUT2D eigenvalue weighted by molar-refractivity contribution is -0.192. The van der Waals surface area contributed by atoms with Crippen molar-refractivity contribution in [2.75, 3.05) is 66.3 Å². The molecule has 4 heterocycles. The second-order valence-corrected chi connectivity index (χ2v) is 19.8. The molecule has 0 saturated carbocycles. The van der Waals surface area contributed by atoms with Crippen LogP contribution in [0.5, 0.6) is 23.0 Å². The van der Waals surface area contributed by atoms with E-state index >= 15 is 0 Å². The standard InChI is InChI=1S/C17H18O3.C16H15NO3.C16H17NO2.C16H16O3/c1-13-19-11-17(12-20-13,14-5-3-2-4-6-14)15-7-9-16(18)10-8-15;18-14-8-6-13(7-9-14)16(10-17-15(19)20-11-16)12-4-2-1-3-5-12;18-15-8-6-14(7-9-15)16(10-17-12-19-11-16)13-4-2-1-3-5-13;17-15-8-6-14(7-9-15)16(10-18-12-19-11-16)13-4-2-1-3-5-13/h2-10,13,18H,11-12H2,1H3;1-9,18H,10-11H2,(H,17,19);1-9,17-18H,10-12H2;1-9,17H,10-12H2. The summed E-state index contributed by atoms with van der Waals surface area (Å²) in [6.07, 6.45) is -0.570. The Morgan fingerprint density at radius 2 is 0.679 bits per heavy atom. The number of hydrogen-bond donors (Lipinski definition) is 6. The molecule has 13 nitrogen and oxygen atoms in total. The molecule has 78 heavy (non-hydrogen) atoms. The number of hydrogen-bond acceptors (Lipinski definition) is 12. The van der Waals surface area contributed by atoms with E-state index in [-0.39, 0.29) is 52.1 Å². The van der Waals surface area contributed by atoms with Gasteiger partial charge in [-0.25, -0.2) is 4.79 Å². The summed E-state index contributed by atoms with van der Waals surface area (Å²) in [7, 11) is 0. The van der Waals surface area contributed by atoms with Crippen LogP contribution in [0, 0.1) is 0 Å². The highest BCUT2D eigenvalue weighted by Crippen LogP contribution is 2.40. The van der Waals surface area contributed by atoms with Gasteiger partial charge in [0.1, 0.15) is 36.4 Å². The molecule has 6 N–H and O–H groups in total. The quantitative estimate of drug-likeness (QED) is 0.0850. The Kier molecular flexibility index (Phi) is 17.9. The van der Waals surface area contributed by atoms with Crippen molar-refractivity contribution in [1.82, 2.24) is 10.6 Å². The number of aromatic hydroxyl groups is 4. The Morgan fingerprint density at radius 1 is 0.372 bits per heavy atom. The first-order chi connectivity index (χ1) is 38.0. The Balaban J connectivity index is 0.000000126. The maximum absolute atomic E-state index is 11.3. The molecule has 2 unspecified atom stereocenters. The first-order valence-corrected chi connectivity index (χ1v) is 26.0. The van der Waals surface area contributed by atoms with Crippen LogP contribution in [0.25, 0.3) is 0 Å². The van der Waals surface area contributed by atoms with Crippen LogP contribution < -0.4 is 10.6 Å². The van der Waals surface area contributed by atoms with Crippen LogP contribution in [0.2, 0.25) is 0 Å². The van der Waals surface area contributed by atoms with Crippen LogP contribution in [0.1, 0.15) is 51.4 Å². The first kappa shape index (κ1) is 54.8. The monoisotopic (exact) mass is 1050 g/mol. The molecule has 12 rings (SSSR count). The topological polar surface area (TPSA) is 177 Å². The number of carbonyl (C=O) groups excluding carboxylic acids is 1. The fourth-order valence-corrected chi connectivity index (χ4v) is 10.5. The van der Waals surface area contributed by atoms with Gasteiger partial charge in [0.2, 0.25) is 0 Å². The van der Waals surface area contributed by atoms with Crippen molar-refractivity contribution < 1.29 is 53.6 Å². The second kappa shape index (κ2) is 25.4. The molecule has 1 amide bonds. The van der Waals surface area contributed by atoms with E-state index in [1.807, 2.05) is 140 Å². The summed E-state index contributed by atoms with van der Waals surface area (Å²) in [6, 6.07) is 69.7. The number of alkyl carbamates (subject to hydrolysis) is 1. The minimum absolute atomic E-state index is 0.177. The number of phenolic OH excluding ortho intramolecular Hbond substituents is 4. The number of phenols is 4. The molecule has 4 aliphatic heterocycles. The third kappa shape index (κ3) is 12.5. The van der Waals surface area contributed by atoms with Crippen molar-refractivity contribution in [2.24, 2.45) is 0 Å². The van der Waals surface area contributed by atoms with Gasteiger partial charge in [-0.3, -0.25) is 5.32 Å². The van der Waals surface area contributed by atoms with Gasteiger partial charge in [-0.05, 0) is 100.0 Å². The van der Waals surface area contributed by atoms with Gasteiger partial charge in [0.05, 0.1) is 61.4 Å². The summed E-state index contributed by atoms with van der Waals surface area (Å²) in [4.78, 5) is 11.3. The highest BCUT2D eigenvalue weighted by molar-refractivity contribution is 5.69. The number of nitrogens with one attached hydrogen (secondary N) is 2. The second-order valence-electron chi connectivity index (χ2n) is 19.8. The zero-order chi connectivity index (χ0) is 54.3. The molecule has 4 saturated heterocycles. The molecule has 0 bridgehead atoms. The molecular weight excluding hydrogens is 985 g/mol. The van der Waals surface area contributed by atoms with Gasteiger partial charge in [-0.15, -0.1) is 0 Å². The zero-order valence-electron chi connectivity index (χ0n) is 43.6. The average Bonchev–Trinajstić information content (AvgIpc) is 3.52. The van der Waals surface area contributed by atoms with Gasteiger partial charge < -0.3 is 54.2 Å². The van der Waals surface area contributed by atoms with Crippen molar-refractivity contribution in [3.05, 3.63) is 263 Å². The van der Waals surface area contributed by atoms with Crippen molar-refractivity contribution in [2.45, 2.75) is 34.9 Å². The number of cyclic esters (lactones) is 1. The average molecular weight is 1050 g/mol. The number of rotatable bonds is 8. The van der Waals surface area contributed by atoms with Crippen molar-refractivity contribution in [3.8, 4) is 23.0 Å². The Labute approximate surface area is 455 Å². The zero-order valence-corrected chi connectivity index (χ0v) is 43.6. The first-order valence-electron chi connectivity index (χ1n) is 26.0. The molecule has 0 radical (unpaired) electrons. The summed E-state index contributed by atoms with van der Waals surface area (Å²) in [6.45, 7) is 7.39. The van der Waals surface area contributed by atoms with Crippen LogP contribution in [-0.2, 0) is 50.1 Å². The van der Waals surface area contributed by atoms with Crippen LogP contribution >= 0.6 is 0 Å². The fraction of sp³-hybridized carbons (Fsp3) is 0.246. The third-order valence-electron chi connectivity index (χ3n) is 14.9. The van der Waals surface area contributed by atoms with Crippen LogP contribution in [0.3, 0.4) is 0 Å². The van der Waals surface area contributed by atoms with E-state index in [9.17, 15) is 25.2 Å². The highest BCUT2D eigenvalue weighted by atomic mass is 16.7. The lowest BCUT2D eigenvalue weighted by Gasteiger charge is -2.40. The van der Waals surface area contributed by atoms with E-state index in [2.05, 4.69) is 47.0 Å². The lowest BCUT2D eigenvalue weighted by atomic mass is 9.74. The maximum atomic E-state index is 11.3. The van der Waals surface area contributed by atoms with Crippen molar-refractivity contribution >= 4 is 6.09 Å². The van der Waals surface area contributed by atoms with Gasteiger partial charge in [0.25, 0.3) is 0 Å². The highest BCUT2D eigenvalue weighted by Gasteiger charge is 2.42. The Hall–Kier alpha value is -8.01. The van der Waals surface area contributed by atoms with Gasteiger partial charge in [0, 0.05) is 13.1 Å². The predicted octanol–water partition coefficient (Wildman–Crippen LogP) is 10.4. The van der Waals surface area contributed by atoms with Gasteiger partial charge in [-0.1, -0.05) is 170 Å². The van der Waals surface area contributed by atoms with E-state index in [4.69, 9.17) is 28.4 Å². The largest absolute Gasteiger partial charge is 0.508 e. The van der Waals surface area contributed by atoms with E-state index in [0.717, 1.165) is 39.9 Å². The van der Waals surface area contributed by atoms with Crippen LogP contribution in [0.4, 0.5) is 4.79 Å². The summed E-state index contributed by atoms with van der Waals surface area (Å²) >= 11 is 0. The normalized spacial score (nSPS) is 22.4. The fourth-order valence-electron chi connectivity index (χ4n) is 10.5. The maximum Gasteiger partial charge on any atom is 0.407 e. The summed E-state index contributed by atoms with van der Waals surface area (Å²) in [5, 5.41) is 43.9. The third-order valence-corrected chi connectivity index (χ3v) is 14.9. The molecule has 8 aromatic carbocycles. The van der Waals surface area contributed by atoms with Gasteiger partial charge in [0.15, 0.2) is 6.29 Å². The summed E-state index contributed by atoms with van der Waals surface area (Å²) in [5.41, 5.74) is 7.75. The molecular formula is C65H66N2O11. The van der Waals surface area contributed by atoms with Crippen LogP contribution in [-0.4, -0.2) is 99.1 Å². The Morgan fingerprint density at radius 3 is 1.01 bits per heavy atom. The molecule has 8 aromatic rings. The Bertz CT molecular complexity index is 2960. The molecule has 0 aliphatic carbocycles. The number of benzene rings is 8. The smallest absolute Gasteiger partial charge is 0.407 e. The van der Waals surface area contributed by atoms with E-state index in [1.54, 1.807) is 48.5 Å². The number of amides is 1. The number of carbonyl (C=O) groups is 1. The minimum Gasteiger partial charge on any atom is -0.508 e. The molecule has 2 atom stereocenters. The lowest BCUT2D eigenvalue weighted by Crippen LogP contribution is -2.51. The number of ether oxygens (including phenoxy) is 6. The molecule has 13 heteroatoms. The molecule has 402 valence electrons. The van der Waals surface area contributed by atoms with E-state index < -0.39 is 11.5 Å². The van der Waals surface area contributed by atoms with Gasteiger partial charge in [-0.2, -0.15) is 0 Å². The summed E-state index contributed by atoms with van der Waals surface area (Å²) < 4.78 is 33.4. The van der Waals surface area contributed by atoms with E-state index in [1.165, 1.54) is 11.1 Å².